The molecule has 2 aromatic heterocycles. The molecule has 0 radical (unpaired) electrons. The van der Waals surface area contributed by atoms with Crippen molar-refractivity contribution < 1.29 is 38.1 Å². The van der Waals surface area contributed by atoms with E-state index in [4.69, 9.17) is 24.2 Å². The predicted molar refractivity (Wildman–Crippen MR) is 271 cm³/mol. The SMILES string of the molecule is CCOC(=O)CN1CCN(CCCCCc2ccc3c(n2)CCCC3)CC1.CCOC(=O)CN1CCN(CCCCCc2ccc3c(n2)N(C(=O)OC(C)(C)C)CCC3)CC1.CCOC(C)=O.Cl. The van der Waals surface area contributed by atoms with Gasteiger partial charge in [0, 0.05) is 82.9 Å². The molecule has 2 saturated heterocycles. The van der Waals surface area contributed by atoms with Crippen molar-refractivity contribution in [3.63, 3.8) is 0 Å². The Labute approximate surface area is 414 Å². The highest BCUT2D eigenvalue weighted by Crippen LogP contribution is 2.28. The lowest BCUT2D eigenvalue weighted by molar-refractivity contribution is -0.145. The van der Waals surface area contributed by atoms with Crippen LogP contribution < -0.4 is 4.90 Å². The van der Waals surface area contributed by atoms with Gasteiger partial charge in [0.05, 0.1) is 32.9 Å². The van der Waals surface area contributed by atoms with Crippen LogP contribution in [0.1, 0.15) is 134 Å². The third-order valence-electron chi connectivity index (χ3n) is 12.4. The third kappa shape index (κ3) is 22.7. The zero-order valence-corrected chi connectivity index (χ0v) is 43.6. The number of anilines is 1. The largest absolute Gasteiger partial charge is 0.466 e. The van der Waals surface area contributed by atoms with Gasteiger partial charge in [0.15, 0.2) is 0 Å². The molecule has 0 unspecified atom stereocenters. The first kappa shape index (κ1) is 58.4. The Kier molecular flexibility index (Phi) is 27.6. The maximum Gasteiger partial charge on any atom is 0.416 e. The van der Waals surface area contributed by atoms with Gasteiger partial charge in [-0.25, -0.2) is 9.78 Å². The van der Waals surface area contributed by atoms with Crippen LogP contribution in [0.15, 0.2) is 24.3 Å². The number of esters is 3. The molecule has 0 spiro atoms. The molecule has 2 fully saturated rings. The van der Waals surface area contributed by atoms with Gasteiger partial charge in [0.1, 0.15) is 11.4 Å². The second-order valence-electron chi connectivity index (χ2n) is 19.0. The summed E-state index contributed by atoms with van der Waals surface area (Å²) in [6.45, 7) is 25.6. The van der Waals surface area contributed by atoms with E-state index in [0.717, 1.165) is 121 Å². The number of hydrogen-bond acceptors (Lipinski definition) is 14. The smallest absolute Gasteiger partial charge is 0.416 e. The van der Waals surface area contributed by atoms with E-state index in [9.17, 15) is 19.2 Å². The van der Waals surface area contributed by atoms with Crippen LogP contribution in [0, 0.1) is 0 Å². The summed E-state index contributed by atoms with van der Waals surface area (Å²) in [5.41, 5.74) is 5.78. The highest BCUT2D eigenvalue weighted by Gasteiger charge is 2.29. The number of unbranched alkanes of at least 4 members (excludes halogenated alkanes) is 4. The highest BCUT2D eigenvalue weighted by atomic mass is 35.5. The second-order valence-corrected chi connectivity index (χ2v) is 19.0. The summed E-state index contributed by atoms with van der Waals surface area (Å²) >= 11 is 0. The van der Waals surface area contributed by atoms with Crippen LogP contribution in [-0.4, -0.2) is 164 Å². The summed E-state index contributed by atoms with van der Waals surface area (Å²) < 4.78 is 20.1. The van der Waals surface area contributed by atoms with Gasteiger partial charge in [-0.3, -0.25) is 34.1 Å². The monoisotopic (exact) mass is 972 g/mol. The standard InChI is InChI=1S/C26H42N4O4.C22H35N3O2.C4H8O2.ClH/c1-5-33-23(31)20-29-18-16-28(17-19-29)14-8-6-7-11-22-13-12-21-10-9-15-30(24(21)27-22)25(32)34-26(2,3)4;1-2-27-22(26)18-25-16-14-24(15-17-25)13-7-3-4-9-20-12-11-19-8-5-6-10-21(19)23-20;1-3-6-4(2)5;/h12-13H,5-11,14-20H2,1-4H3;11-12H,2-10,13-18H2,1H3;3H2,1-2H3;1H. The fourth-order valence-corrected chi connectivity index (χ4v) is 8.84. The van der Waals surface area contributed by atoms with Crippen molar-refractivity contribution in [3.05, 3.63) is 52.5 Å². The number of pyridine rings is 2. The maximum atomic E-state index is 12.7. The maximum absolute atomic E-state index is 12.7. The molecule has 6 rings (SSSR count). The van der Waals surface area contributed by atoms with Crippen molar-refractivity contribution in [3.8, 4) is 0 Å². The van der Waals surface area contributed by atoms with Crippen LogP contribution in [0.2, 0.25) is 0 Å². The molecule has 0 bridgehead atoms. The number of aromatic nitrogens is 2. The molecule has 4 aliphatic rings. The Morgan fingerprint density at radius 2 is 1.03 bits per heavy atom. The summed E-state index contributed by atoms with van der Waals surface area (Å²) in [4.78, 5) is 66.5. The summed E-state index contributed by atoms with van der Waals surface area (Å²) in [7, 11) is 0. The third-order valence-corrected chi connectivity index (χ3v) is 12.4. The molecule has 384 valence electrons. The average Bonchev–Trinajstić information content (AvgIpc) is 3.29. The van der Waals surface area contributed by atoms with Gasteiger partial charge < -0.3 is 28.7 Å². The van der Waals surface area contributed by atoms with Crippen molar-refractivity contribution in [1.82, 2.24) is 29.6 Å². The number of hydrogen-bond donors (Lipinski definition) is 0. The van der Waals surface area contributed by atoms with Gasteiger partial charge in [0.25, 0.3) is 0 Å². The van der Waals surface area contributed by atoms with E-state index in [2.05, 4.69) is 48.6 Å². The van der Waals surface area contributed by atoms with E-state index >= 15 is 0 Å². The first-order valence-corrected chi connectivity index (χ1v) is 25.6. The number of aryl methyl sites for hydroxylation is 5. The van der Waals surface area contributed by atoms with Gasteiger partial charge in [-0.2, -0.15) is 0 Å². The number of fused-ring (bicyclic) bond motifs is 2. The minimum Gasteiger partial charge on any atom is -0.466 e. The molecule has 0 N–H and O–H groups in total. The predicted octanol–water partition coefficient (Wildman–Crippen LogP) is 7.51. The fourth-order valence-electron chi connectivity index (χ4n) is 8.84. The molecular weight excluding hydrogens is 886 g/mol. The summed E-state index contributed by atoms with van der Waals surface area (Å²) in [5, 5.41) is 0. The molecule has 0 atom stereocenters. The van der Waals surface area contributed by atoms with Crippen molar-refractivity contribution in [2.24, 2.45) is 0 Å². The van der Waals surface area contributed by atoms with Crippen molar-refractivity contribution in [2.45, 2.75) is 144 Å². The lowest BCUT2D eigenvalue weighted by atomic mass is 9.95. The number of amides is 1. The molecule has 15 nitrogen and oxygen atoms in total. The lowest BCUT2D eigenvalue weighted by Gasteiger charge is -2.34. The first-order valence-electron chi connectivity index (χ1n) is 25.6. The van der Waals surface area contributed by atoms with E-state index in [1.807, 2.05) is 34.6 Å². The van der Waals surface area contributed by atoms with E-state index in [1.165, 1.54) is 75.4 Å². The normalized spacial score (nSPS) is 16.6. The number of piperazine rings is 2. The summed E-state index contributed by atoms with van der Waals surface area (Å²) in [5.74, 6) is 0.346. The van der Waals surface area contributed by atoms with Crippen LogP contribution >= 0.6 is 12.4 Å². The minimum absolute atomic E-state index is 0. The highest BCUT2D eigenvalue weighted by molar-refractivity contribution is 5.88. The van der Waals surface area contributed by atoms with Gasteiger partial charge in [-0.1, -0.05) is 25.0 Å². The van der Waals surface area contributed by atoms with Crippen molar-refractivity contribution in [1.29, 1.82) is 0 Å². The Balaban J connectivity index is 0.000000323. The molecule has 1 amide bonds. The zero-order chi connectivity index (χ0) is 48.4. The van der Waals surface area contributed by atoms with Gasteiger partial charge >= 0.3 is 24.0 Å². The van der Waals surface area contributed by atoms with E-state index in [-0.39, 0.29) is 36.4 Å². The van der Waals surface area contributed by atoms with Gasteiger partial charge in [-0.05, 0) is 155 Å². The minimum atomic E-state index is -0.514. The first-order chi connectivity index (χ1) is 32.3. The number of carbonyl (C=O) groups excluding carboxylic acids is 4. The van der Waals surface area contributed by atoms with Crippen LogP contribution in [0.5, 0.6) is 0 Å². The number of halogens is 1. The Hall–Kier alpha value is -3.89. The van der Waals surface area contributed by atoms with E-state index < -0.39 is 5.60 Å². The lowest BCUT2D eigenvalue weighted by Crippen LogP contribution is -2.48. The molecule has 0 aromatic carbocycles. The van der Waals surface area contributed by atoms with Crippen LogP contribution in [0.25, 0.3) is 0 Å². The van der Waals surface area contributed by atoms with Crippen LogP contribution in [0.3, 0.4) is 0 Å². The molecule has 5 heterocycles. The van der Waals surface area contributed by atoms with Gasteiger partial charge in [0.2, 0.25) is 0 Å². The van der Waals surface area contributed by atoms with Crippen LogP contribution in [0.4, 0.5) is 10.6 Å². The van der Waals surface area contributed by atoms with E-state index in [0.29, 0.717) is 39.5 Å². The molecule has 16 heteroatoms. The van der Waals surface area contributed by atoms with Crippen molar-refractivity contribution in [2.75, 3.05) is 110 Å². The molecule has 0 saturated carbocycles. The fraction of sp³-hybridized carbons (Fsp3) is 0.731. The quantitative estimate of drug-likeness (QED) is 0.0777. The second kappa shape index (κ2) is 32.1. The zero-order valence-electron chi connectivity index (χ0n) is 42.8. The molecular formula is C52H86ClN7O8. The molecule has 1 aliphatic carbocycles. The van der Waals surface area contributed by atoms with Crippen molar-refractivity contribution >= 4 is 42.2 Å². The topological polar surface area (TPSA) is 147 Å². The van der Waals surface area contributed by atoms with Crippen LogP contribution in [-0.2, 0) is 65.4 Å². The number of nitrogens with zero attached hydrogens (tertiary/aromatic N) is 7. The molecule has 3 aliphatic heterocycles. The van der Waals surface area contributed by atoms with Gasteiger partial charge in [-0.15, -0.1) is 12.4 Å². The Morgan fingerprint density at radius 1 is 0.559 bits per heavy atom. The number of carbonyl (C=O) groups is 4. The molecule has 2 aromatic rings. The Bertz CT molecular complexity index is 1800. The number of ether oxygens (including phenoxy) is 4. The summed E-state index contributed by atoms with van der Waals surface area (Å²) in [6, 6.07) is 8.80. The average molecular weight is 973 g/mol. The summed E-state index contributed by atoms with van der Waals surface area (Å²) in [6.07, 6.45) is 15.8. The van der Waals surface area contributed by atoms with E-state index in [1.54, 1.807) is 11.8 Å². The Morgan fingerprint density at radius 3 is 1.51 bits per heavy atom. The number of rotatable bonds is 19. The molecule has 68 heavy (non-hydrogen) atoms.